The number of aliphatic hydroxyl groups is 1. The van der Waals surface area contributed by atoms with Crippen molar-refractivity contribution in [1.82, 2.24) is 19.1 Å². The van der Waals surface area contributed by atoms with Crippen LogP contribution in [-0.4, -0.2) is 63.1 Å². The zero-order chi connectivity index (χ0) is 15.7. The summed E-state index contributed by atoms with van der Waals surface area (Å²) in [6, 6.07) is 3.43. The molecule has 3 rings (SSSR count). The lowest BCUT2D eigenvalue weighted by Gasteiger charge is -2.29. The van der Waals surface area contributed by atoms with Gasteiger partial charge in [-0.15, -0.1) is 0 Å². The molecule has 1 fully saturated rings. The van der Waals surface area contributed by atoms with Gasteiger partial charge in [0.25, 0.3) is 5.56 Å². The molecule has 1 aliphatic heterocycles. The van der Waals surface area contributed by atoms with E-state index in [1.54, 1.807) is 6.07 Å². The predicted octanol–water partition coefficient (Wildman–Crippen LogP) is -0.194. The van der Waals surface area contributed by atoms with Crippen molar-refractivity contribution in [2.24, 2.45) is 0 Å². The van der Waals surface area contributed by atoms with Gasteiger partial charge in [0, 0.05) is 37.5 Å². The third-order valence-corrected chi connectivity index (χ3v) is 4.02. The smallest absolute Gasteiger partial charge is 0.274 e. The number of aryl methyl sites for hydroxylation is 2. The third-order valence-electron chi connectivity index (χ3n) is 4.02. The Morgan fingerprint density at radius 3 is 2.73 bits per heavy atom. The van der Waals surface area contributed by atoms with Gasteiger partial charge in [0.05, 0.1) is 31.6 Å². The quantitative estimate of drug-likeness (QED) is 0.847. The van der Waals surface area contributed by atoms with E-state index >= 15 is 0 Å². The Kier molecular flexibility index (Phi) is 4.28. The maximum atomic E-state index is 12.0. The number of aromatic nitrogens is 3. The summed E-state index contributed by atoms with van der Waals surface area (Å²) in [6.07, 6.45) is -0.502. The van der Waals surface area contributed by atoms with Gasteiger partial charge in [-0.3, -0.25) is 9.69 Å². The second kappa shape index (κ2) is 6.20. The van der Waals surface area contributed by atoms with Crippen LogP contribution >= 0.6 is 0 Å². The lowest BCUT2D eigenvalue weighted by atomic mass is 10.2. The molecule has 1 unspecified atom stereocenters. The van der Waals surface area contributed by atoms with Gasteiger partial charge in [-0.1, -0.05) is 0 Å². The van der Waals surface area contributed by atoms with E-state index in [2.05, 4.69) is 10.00 Å². The molecule has 22 heavy (non-hydrogen) atoms. The molecule has 2 aromatic rings. The monoisotopic (exact) mass is 306 g/mol. The van der Waals surface area contributed by atoms with Crippen molar-refractivity contribution >= 4 is 5.65 Å². The van der Waals surface area contributed by atoms with Crippen LogP contribution in [0.5, 0.6) is 0 Å². The summed E-state index contributed by atoms with van der Waals surface area (Å²) in [5.74, 6) is 0. The van der Waals surface area contributed by atoms with E-state index in [1.807, 2.05) is 24.5 Å². The summed E-state index contributed by atoms with van der Waals surface area (Å²) in [4.78, 5) is 14.2. The number of ether oxygens (including phenoxy) is 1. The molecule has 0 amide bonds. The number of rotatable bonds is 4. The standard InChI is InChI=1S/C15H22N4O3/c1-11-7-14-18(12(2)8-15(21)19(14)16-11)10-13(20)9-17-3-5-22-6-4-17/h7-8,13,20H,3-6,9-10H2,1-2H3. The van der Waals surface area contributed by atoms with E-state index in [1.165, 1.54) is 4.52 Å². The van der Waals surface area contributed by atoms with Crippen LogP contribution in [0.1, 0.15) is 11.4 Å². The first-order valence-corrected chi connectivity index (χ1v) is 7.59. The Morgan fingerprint density at radius 2 is 2.00 bits per heavy atom. The molecule has 2 aromatic heterocycles. The van der Waals surface area contributed by atoms with Crippen molar-refractivity contribution in [1.29, 1.82) is 0 Å². The normalized spacial score (nSPS) is 18.0. The van der Waals surface area contributed by atoms with Crippen molar-refractivity contribution in [3.8, 4) is 0 Å². The molecule has 0 aliphatic carbocycles. The van der Waals surface area contributed by atoms with Crippen molar-refractivity contribution in [2.75, 3.05) is 32.8 Å². The first kappa shape index (κ1) is 15.2. The minimum Gasteiger partial charge on any atom is -0.390 e. The van der Waals surface area contributed by atoms with Gasteiger partial charge in [0.1, 0.15) is 5.65 Å². The fourth-order valence-electron chi connectivity index (χ4n) is 2.93. The van der Waals surface area contributed by atoms with Gasteiger partial charge in [0.2, 0.25) is 0 Å². The number of nitrogens with zero attached hydrogens (tertiary/aromatic N) is 4. The van der Waals surface area contributed by atoms with Gasteiger partial charge < -0.3 is 14.4 Å². The fraction of sp³-hybridized carbons (Fsp3) is 0.600. The highest BCUT2D eigenvalue weighted by atomic mass is 16.5. The van der Waals surface area contributed by atoms with E-state index in [9.17, 15) is 9.90 Å². The molecule has 120 valence electrons. The number of β-amino-alcohol motifs (C(OH)–C–C–N with tert-alkyl or cyclic N) is 1. The number of morpholine rings is 1. The largest absolute Gasteiger partial charge is 0.390 e. The molecular formula is C15H22N4O3. The molecular weight excluding hydrogens is 284 g/mol. The summed E-state index contributed by atoms with van der Waals surface area (Å²) < 4.78 is 8.66. The number of hydrogen-bond donors (Lipinski definition) is 1. The molecule has 7 nitrogen and oxygen atoms in total. The van der Waals surface area contributed by atoms with E-state index < -0.39 is 6.10 Å². The maximum absolute atomic E-state index is 12.0. The molecule has 3 heterocycles. The molecule has 1 atom stereocenters. The second-order valence-corrected chi connectivity index (χ2v) is 5.86. The van der Waals surface area contributed by atoms with Gasteiger partial charge in [-0.2, -0.15) is 9.61 Å². The molecule has 0 radical (unpaired) electrons. The Hall–Kier alpha value is -1.70. The number of fused-ring (bicyclic) bond motifs is 1. The fourth-order valence-corrected chi connectivity index (χ4v) is 2.93. The van der Waals surface area contributed by atoms with Crippen LogP contribution in [0.4, 0.5) is 0 Å². The molecule has 0 aromatic carbocycles. The van der Waals surface area contributed by atoms with Crippen molar-refractivity contribution in [3.05, 3.63) is 33.9 Å². The summed E-state index contributed by atoms with van der Waals surface area (Å²) in [5, 5.41) is 14.6. The van der Waals surface area contributed by atoms with E-state index in [0.29, 0.717) is 13.1 Å². The van der Waals surface area contributed by atoms with Crippen LogP contribution < -0.4 is 5.56 Å². The first-order valence-electron chi connectivity index (χ1n) is 7.59. The highest BCUT2D eigenvalue weighted by Crippen LogP contribution is 2.09. The van der Waals surface area contributed by atoms with Crippen LogP contribution in [0.2, 0.25) is 0 Å². The van der Waals surface area contributed by atoms with Crippen LogP contribution in [0.25, 0.3) is 5.65 Å². The van der Waals surface area contributed by atoms with Crippen molar-refractivity contribution < 1.29 is 9.84 Å². The van der Waals surface area contributed by atoms with Crippen molar-refractivity contribution in [2.45, 2.75) is 26.5 Å². The van der Waals surface area contributed by atoms with Crippen LogP contribution in [-0.2, 0) is 11.3 Å². The van der Waals surface area contributed by atoms with Crippen molar-refractivity contribution in [3.63, 3.8) is 0 Å². The second-order valence-electron chi connectivity index (χ2n) is 5.86. The Morgan fingerprint density at radius 1 is 1.27 bits per heavy atom. The molecule has 0 saturated carbocycles. The molecule has 7 heteroatoms. The highest BCUT2D eigenvalue weighted by Gasteiger charge is 2.17. The molecule has 1 N–H and O–H groups in total. The van der Waals surface area contributed by atoms with E-state index in [-0.39, 0.29) is 5.56 Å². The van der Waals surface area contributed by atoms with Gasteiger partial charge in [0.15, 0.2) is 0 Å². The number of hydrogen-bond acceptors (Lipinski definition) is 5. The summed E-state index contributed by atoms with van der Waals surface area (Å²) in [6.45, 7) is 7.92. The summed E-state index contributed by atoms with van der Waals surface area (Å²) >= 11 is 0. The van der Waals surface area contributed by atoms with Gasteiger partial charge >= 0.3 is 0 Å². The predicted molar refractivity (Wildman–Crippen MR) is 82.2 cm³/mol. The lowest BCUT2D eigenvalue weighted by Crippen LogP contribution is -2.42. The SMILES string of the molecule is Cc1cc2n(CC(O)CN3CCOCC3)c(C)cc(=O)n2n1. The topological polar surface area (TPSA) is 72.0 Å². The zero-order valence-corrected chi connectivity index (χ0v) is 13.0. The Labute approximate surface area is 128 Å². The maximum Gasteiger partial charge on any atom is 0.274 e. The molecule has 0 spiro atoms. The van der Waals surface area contributed by atoms with E-state index in [0.717, 1.165) is 43.3 Å². The van der Waals surface area contributed by atoms with Gasteiger partial charge in [-0.05, 0) is 13.8 Å². The number of aliphatic hydroxyl groups excluding tert-OH is 1. The van der Waals surface area contributed by atoms with Crippen LogP contribution in [0.3, 0.4) is 0 Å². The molecule has 1 aliphatic rings. The molecule has 0 bridgehead atoms. The first-order chi connectivity index (χ1) is 10.5. The minimum atomic E-state index is -0.502. The Balaban J connectivity index is 1.82. The van der Waals surface area contributed by atoms with Gasteiger partial charge in [-0.25, -0.2) is 0 Å². The van der Waals surface area contributed by atoms with E-state index in [4.69, 9.17) is 4.74 Å². The lowest BCUT2D eigenvalue weighted by molar-refractivity contribution is 0.0115. The highest BCUT2D eigenvalue weighted by molar-refractivity contribution is 5.41. The zero-order valence-electron chi connectivity index (χ0n) is 13.0. The summed E-state index contributed by atoms with van der Waals surface area (Å²) in [5.41, 5.74) is 2.21. The third kappa shape index (κ3) is 3.06. The van der Waals surface area contributed by atoms with Crippen LogP contribution in [0.15, 0.2) is 16.9 Å². The van der Waals surface area contributed by atoms with Crippen LogP contribution in [0, 0.1) is 13.8 Å². The molecule has 1 saturated heterocycles. The minimum absolute atomic E-state index is 0.139. The average molecular weight is 306 g/mol. The summed E-state index contributed by atoms with van der Waals surface area (Å²) in [7, 11) is 0. The average Bonchev–Trinajstić information content (AvgIpc) is 2.87. The Bertz CT molecular complexity index is 715.